The van der Waals surface area contributed by atoms with Gasteiger partial charge in [-0.05, 0) is 64.0 Å². The van der Waals surface area contributed by atoms with Crippen LogP contribution in [-0.4, -0.2) is 0 Å². The highest BCUT2D eigenvalue weighted by Gasteiger charge is 2.20. The van der Waals surface area contributed by atoms with E-state index in [1.54, 1.807) is 0 Å². The number of benzene rings is 6. The zero-order valence-electron chi connectivity index (χ0n) is 21.0. The molecule has 0 saturated carbocycles. The Hall–Kier alpha value is -4.14. The summed E-state index contributed by atoms with van der Waals surface area (Å²) in [5, 5.41) is 7.91. The Balaban J connectivity index is 1.57. The minimum Gasteiger partial charge on any atom is -0.310 e. The fourth-order valence-corrected chi connectivity index (χ4v) is 6.75. The van der Waals surface area contributed by atoms with Crippen molar-refractivity contribution in [3.8, 4) is 0 Å². The molecule has 178 valence electrons. The molecule has 0 N–H and O–H groups in total. The van der Waals surface area contributed by atoms with Crippen LogP contribution in [0.1, 0.15) is 25.3 Å². The zero-order valence-corrected chi connectivity index (χ0v) is 21.8. The van der Waals surface area contributed by atoms with Crippen LogP contribution in [0.4, 0.5) is 17.1 Å². The van der Waals surface area contributed by atoms with Gasteiger partial charge in [0.2, 0.25) is 0 Å². The third-order valence-corrected chi connectivity index (χ3v) is 8.52. The molecule has 0 spiro atoms. The second-order valence-corrected chi connectivity index (χ2v) is 11.1. The summed E-state index contributed by atoms with van der Waals surface area (Å²) in [5.74, 6) is 0.504. The molecule has 1 nitrogen and oxygen atoms in total. The molecule has 2 heteroatoms. The molecule has 7 aromatic rings. The predicted molar refractivity (Wildman–Crippen MR) is 163 cm³/mol. The molecule has 0 radical (unpaired) electrons. The lowest BCUT2D eigenvalue weighted by Gasteiger charge is -2.27. The van der Waals surface area contributed by atoms with Crippen LogP contribution in [0.25, 0.3) is 41.7 Å². The van der Waals surface area contributed by atoms with Gasteiger partial charge in [-0.25, -0.2) is 0 Å². The van der Waals surface area contributed by atoms with Crippen molar-refractivity contribution in [2.45, 2.75) is 19.8 Å². The van der Waals surface area contributed by atoms with Gasteiger partial charge in [-0.3, -0.25) is 0 Å². The third kappa shape index (κ3) is 3.60. The van der Waals surface area contributed by atoms with Crippen molar-refractivity contribution >= 4 is 70.1 Å². The molecule has 0 fully saturated rings. The normalized spacial score (nSPS) is 11.8. The lowest BCUT2D eigenvalue weighted by Crippen LogP contribution is -2.10. The van der Waals surface area contributed by atoms with Gasteiger partial charge in [-0.15, -0.1) is 11.3 Å². The fraction of sp³-hybridized carbons (Fsp3) is 0.0857. The maximum Gasteiger partial charge on any atom is 0.0554 e. The first-order valence-electron chi connectivity index (χ1n) is 12.9. The van der Waals surface area contributed by atoms with Crippen molar-refractivity contribution in [3.63, 3.8) is 0 Å². The van der Waals surface area contributed by atoms with Crippen LogP contribution in [0.5, 0.6) is 0 Å². The first-order valence-corrected chi connectivity index (χ1v) is 13.7. The van der Waals surface area contributed by atoms with E-state index in [0.717, 1.165) is 5.69 Å². The molecule has 0 amide bonds. The van der Waals surface area contributed by atoms with E-state index in [0.29, 0.717) is 5.92 Å². The number of rotatable bonds is 4. The summed E-state index contributed by atoms with van der Waals surface area (Å²) < 4.78 is 2.66. The molecule has 0 unspecified atom stereocenters. The Morgan fingerprint density at radius 1 is 0.541 bits per heavy atom. The first-order chi connectivity index (χ1) is 18.2. The largest absolute Gasteiger partial charge is 0.310 e. The topological polar surface area (TPSA) is 3.24 Å². The van der Waals surface area contributed by atoms with Gasteiger partial charge in [0.1, 0.15) is 0 Å². The molecular formula is C35H27NS. The second-order valence-electron chi connectivity index (χ2n) is 9.99. The van der Waals surface area contributed by atoms with E-state index in [1.807, 2.05) is 11.3 Å². The smallest absolute Gasteiger partial charge is 0.0554 e. The Morgan fingerprint density at radius 3 is 1.92 bits per heavy atom. The number of para-hydroxylation sites is 1. The minimum atomic E-state index is 0.504. The van der Waals surface area contributed by atoms with Crippen LogP contribution in [0, 0.1) is 0 Å². The van der Waals surface area contributed by atoms with Crippen LogP contribution in [-0.2, 0) is 0 Å². The van der Waals surface area contributed by atoms with E-state index in [1.165, 1.54) is 58.7 Å². The first kappa shape index (κ1) is 22.1. The number of thiophene rings is 1. The van der Waals surface area contributed by atoms with E-state index in [2.05, 4.69) is 140 Å². The number of hydrogen-bond acceptors (Lipinski definition) is 2. The molecule has 0 aliphatic rings. The van der Waals surface area contributed by atoms with Crippen LogP contribution in [0.2, 0.25) is 0 Å². The molecule has 0 aliphatic heterocycles. The molecule has 37 heavy (non-hydrogen) atoms. The molecule has 0 aliphatic carbocycles. The summed E-state index contributed by atoms with van der Waals surface area (Å²) in [6, 6.07) is 44.4. The van der Waals surface area contributed by atoms with Crippen LogP contribution in [0.3, 0.4) is 0 Å². The highest BCUT2D eigenvalue weighted by atomic mass is 32.1. The molecule has 6 aromatic carbocycles. The maximum atomic E-state index is 2.41. The summed E-state index contributed by atoms with van der Waals surface area (Å²) >= 11 is 1.89. The number of hydrogen-bond donors (Lipinski definition) is 0. The summed E-state index contributed by atoms with van der Waals surface area (Å²) in [4.78, 5) is 2.41. The van der Waals surface area contributed by atoms with Crippen molar-refractivity contribution in [1.82, 2.24) is 0 Å². The Morgan fingerprint density at radius 2 is 1.16 bits per heavy atom. The number of nitrogens with zero attached hydrogens (tertiary/aromatic N) is 1. The molecule has 0 bridgehead atoms. The Labute approximate surface area is 221 Å². The van der Waals surface area contributed by atoms with Gasteiger partial charge in [0.25, 0.3) is 0 Å². The predicted octanol–water partition coefficient (Wildman–Crippen LogP) is 11.0. The summed E-state index contributed by atoms with van der Waals surface area (Å²) in [6.45, 7) is 4.49. The molecule has 0 atom stereocenters. The van der Waals surface area contributed by atoms with Crippen molar-refractivity contribution in [2.75, 3.05) is 4.90 Å². The van der Waals surface area contributed by atoms with E-state index < -0.39 is 0 Å². The van der Waals surface area contributed by atoms with Gasteiger partial charge >= 0.3 is 0 Å². The van der Waals surface area contributed by atoms with Crippen molar-refractivity contribution in [2.24, 2.45) is 0 Å². The van der Waals surface area contributed by atoms with Gasteiger partial charge < -0.3 is 4.90 Å². The zero-order chi connectivity index (χ0) is 24.9. The van der Waals surface area contributed by atoms with Crippen LogP contribution < -0.4 is 4.90 Å². The van der Waals surface area contributed by atoms with Crippen LogP contribution in [0.15, 0.2) is 121 Å². The lowest BCUT2D eigenvalue weighted by molar-refractivity contribution is 0.866. The van der Waals surface area contributed by atoms with Gasteiger partial charge in [0.05, 0.1) is 5.69 Å². The van der Waals surface area contributed by atoms with E-state index in [4.69, 9.17) is 0 Å². The second kappa shape index (κ2) is 8.76. The highest BCUT2D eigenvalue weighted by molar-refractivity contribution is 7.26. The van der Waals surface area contributed by atoms with Crippen molar-refractivity contribution < 1.29 is 0 Å². The van der Waals surface area contributed by atoms with E-state index in [-0.39, 0.29) is 0 Å². The van der Waals surface area contributed by atoms with Crippen LogP contribution >= 0.6 is 11.3 Å². The van der Waals surface area contributed by atoms with Crippen molar-refractivity contribution in [1.29, 1.82) is 0 Å². The van der Waals surface area contributed by atoms with Gasteiger partial charge in [0.15, 0.2) is 0 Å². The lowest BCUT2D eigenvalue weighted by atomic mass is 9.98. The molecule has 0 saturated heterocycles. The van der Waals surface area contributed by atoms with E-state index in [9.17, 15) is 0 Å². The van der Waals surface area contributed by atoms with E-state index >= 15 is 0 Å². The summed E-state index contributed by atoms with van der Waals surface area (Å²) in [7, 11) is 0. The standard InChI is InChI=1S/C35H27NS/c1-23(2)24-16-19-27(20-17-24)36(26-11-4-3-5-12-26)31-22-33-35(30-15-9-8-14-29(30)31)34-28-13-7-6-10-25(28)18-21-32(34)37-33/h3-23H,1-2H3. The average molecular weight is 494 g/mol. The fourth-order valence-electron chi connectivity index (χ4n) is 5.58. The quantitative estimate of drug-likeness (QED) is 0.236. The monoisotopic (exact) mass is 493 g/mol. The third-order valence-electron chi connectivity index (χ3n) is 7.42. The average Bonchev–Trinajstić information content (AvgIpc) is 3.33. The minimum absolute atomic E-state index is 0.504. The molecular weight excluding hydrogens is 466 g/mol. The van der Waals surface area contributed by atoms with Gasteiger partial charge in [-0.1, -0.05) is 98.8 Å². The highest BCUT2D eigenvalue weighted by Crippen LogP contribution is 2.47. The SMILES string of the molecule is CC(C)c1ccc(N(c2ccccc2)c2cc3sc4ccc5ccccc5c4c3c3ccccc23)cc1. The maximum absolute atomic E-state index is 2.41. The Kier molecular flexibility index (Phi) is 5.23. The molecule has 1 aromatic heterocycles. The molecule has 7 rings (SSSR count). The molecule has 1 heterocycles. The summed E-state index contributed by atoms with van der Waals surface area (Å²) in [6.07, 6.45) is 0. The number of anilines is 3. The van der Waals surface area contributed by atoms with Gasteiger partial charge in [-0.2, -0.15) is 0 Å². The van der Waals surface area contributed by atoms with Gasteiger partial charge in [0, 0.05) is 36.9 Å². The summed E-state index contributed by atoms with van der Waals surface area (Å²) in [5.41, 5.74) is 4.90. The number of fused-ring (bicyclic) bond motifs is 7. The Bertz CT molecular complexity index is 1900. The van der Waals surface area contributed by atoms with Crippen molar-refractivity contribution in [3.05, 3.63) is 127 Å².